The molecule has 1 aliphatic rings. The van der Waals surface area contributed by atoms with Crippen molar-refractivity contribution in [1.82, 2.24) is 0 Å². The second-order valence-corrected chi connectivity index (χ2v) is 11.0. The zero-order valence-corrected chi connectivity index (χ0v) is 23.3. The predicted octanol–water partition coefficient (Wildman–Crippen LogP) is 9.93. The van der Waals surface area contributed by atoms with Gasteiger partial charge in [0, 0.05) is 5.56 Å². The Labute approximate surface area is 226 Å². The van der Waals surface area contributed by atoms with E-state index in [4.69, 9.17) is 9.47 Å². The lowest BCUT2D eigenvalue weighted by Gasteiger charge is -2.29. The largest absolute Gasteiger partial charge is 0.494 e. The minimum absolute atomic E-state index is 0.688. The second kappa shape index (κ2) is 18.0. The molecule has 0 N–H and O–H groups in total. The number of carbonyl (C=O) groups is 1. The molecule has 204 valence electrons. The maximum absolute atomic E-state index is 10.7. The molecule has 1 saturated carbocycles. The van der Waals surface area contributed by atoms with Crippen LogP contribution in [0.2, 0.25) is 0 Å². The van der Waals surface area contributed by atoms with Crippen molar-refractivity contribution in [3.63, 3.8) is 0 Å². The lowest BCUT2D eigenvalue weighted by atomic mass is 9.77. The smallest absolute Gasteiger partial charge is 0.150 e. The van der Waals surface area contributed by atoms with Crippen molar-refractivity contribution in [3.8, 4) is 11.5 Å². The average Bonchev–Trinajstić information content (AvgIpc) is 2.95. The molecule has 0 amide bonds. The summed E-state index contributed by atoms with van der Waals surface area (Å²) in [5.74, 6) is 3.61. The first-order valence-electron chi connectivity index (χ1n) is 15.2. The molecule has 0 heterocycles. The summed E-state index contributed by atoms with van der Waals surface area (Å²) >= 11 is 0. The summed E-state index contributed by atoms with van der Waals surface area (Å²) in [5.41, 5.74) is 2.20. The highest BCUT2D eigenvalue weighted by Gasteiger charge is 2.22. The van der Waals surface area contributed by atoms with Crippen LogP contribution in [0, 0.1) is 5.92 Å². The fourth-order valence-corrected chi connectivity index (χ4v) is 5.59. The van der Waals surface area contributed by atoms with Crippen LogP contribution >= 0.6 is 0 Å². The third-order valence-corrected chi connectivity index (χ3v) is 8.01. The van der Waals surface area contributed by atoms with Crippen molar-refractivity contribution in [2.45, 2.75) is 116 Å². The minimum atomic E-state index is 0.688. The molecule has 0 aliphatic heterocycles. The Morgan fingerprint density at radius 1 is 0.649 bits per heavy atom. The molecule has 2 aromatic rings. The van der Waals surface area contributed by atoms with E-state index in [-0.39, 0.29) is 0 Å². The average molecular weight is 507 g/mol. The fraction of sp³-hybridized carbons (Fsp3) is 0.618. The highest BCUT2D eigenvalue weighted by Crippen LogP contribution is 2.38. The van der Waals surface area contributed by atoms with Crippen LogP contribution < -0.4 is 9.47 Å². The second-order valence-electron chi connectivity index (χ2n) is 11.0. The lowest BCUT2D eigenvalue weighted by molar-refractivity contribution is 0.112. The van der Waals surface area contributed by atoms with Crippen LogP contribution in [0.15, 0.2) is 48.5 Å². The lowest BCUT2D eigenvalue weighted by Crippen LogP contribution is -2.13. The van der Waals surface area contributed by atoms with E-state index in [1.165, 1.54) is 95.5 Å². The van der Waals surface area contributed by atoms with Gasteiger partial charge < -0.3 is 9.47 Å². The Morgan fingerprint density at radius 2 is 1.16 bits per heavy atom. The molecule has 0 aromatic heterocycles. The molecule has 0 spiro atoms. The van der Waals surface area contributed by atoms with Gasteiger partial charge in [0.15, 0.2) is 0 Å². The Hall–Kier alpha value is -2.29. The van der Waals surface area contributed by atoms with Crippen molar-refractivity contribution in [2.24, 2.45) is 5.92 Å². The van der Waals surface area contributed by atoms with Crippen LogP contribution in [-0.4, -0.2) is 19.5 Å². The van der Waals surface area contributed by atoms with Crippen molar-refractivity contribution < 1.29 is 14.3 Å². The highest BCUT2D eigenvalue weighted by atomic mass is 16.5. The number of hydrogen-bond donors (Lipinski definition) is 0. The molecular weight excluding hydrogens is 456 g/mol. The monoisotopic (exact) mass is 506 g/mol. The number of benzene rings is 2. The molecule has 0 radical (unpaired) electrons. The molecule has 3 heteroatoms. The number of ether oxygens (including phenoxy) is 2. The van der Waals surface area contributed by atoms with Crippen molar-refractivity contribution in [3.05, 3.63) is 59.7 Å². The molecular formula is C34H50O3. The standard InChI is InChI=1S/C34H50O3/c1-2-3-10-13-29-14-18-31(19-15-29)32-20-24-34(25-21-32)37-27-12-9-7-5-4-6-8-11-26-36-33-22-16-30(28-35)17-23-33/h16-17,20-25,28-29,31H,2-15,18-19,26-27H2,1H3. The van der Waals surface area contributed by atoms with E-state index in [2.05, 4.69) is 31.2 Å². The van der Waals surface area contributed by atoms with E-state index >= 15 is 0 Å². The van der Waals surface area contributed by atoms with Gasteiger partial charge in [-0.1, -0.05) is 83.3 Å². The molecule has 1 aliphatic carbocycles. The van der Waals surface area contributed by atoms with Crippen LogP contribution in [0.3, 0.4) is 0 Å². The van der Waals surface area contributed by atoms with E-state index in [1.807, 2.05) is 12.1 Å². The summed E-state index contributed by atoms with van der Waals surface area (Å²) in [4.78, 5) is 10.7. The van der Waals surface area contributed by atoms with Gasteiger partial charge in [-0.15, -0.1) is 0 Å². The third-order valence-electron chi connectivity index (χ3n) is 8.01. The van der Waals surface area contributed by atoms with Gasteiger partial charge >= 0.3 is 0 Å². The predicted molar refractivity (Wildman–Crippen MR) is 155 cm³/mol. The van der Waals surface area contributed by atoms with E-state index in [0.717, 1.165) is 55.7 Å². The van der Waals surface area contributed by atoms with Crippen LogP contribution in [0.25, 0.3) is 0 Å². The summed E-state index contributed by atoms with van der Waals surface area (Å²) in [6.45, 7) is 3.88. The van der Waals surface area contributed by atoms with Gasteiger partial charge in [-0.3, -0.25) is 4.79 Å². The van der Waals surface area contributed by atoms with Gasteiger partial charge in [-0.2, -0.15) is 0 Å². The maximum Gasteiger partial charge on any atom is 0.150 e. The normalized spacial score (nSPS) is 17.4. The van der Waals surface area contributed by atoms with Gasteiger partial charge in [0.25, 0.3) is 0 Å². The molecule has 0 atom stereocenters. The topological polar surface area (TPSA) is 35.5 Å². The van der Waals surface area contributed by atoms with Crippen LogP contribution in [-0.2, 0) is 0 Å². The number of hydrogen-bond acceptors (Lipinski definition) is 3. The van der Waals surface area contributed by atoms with E-state index in [1.54, 1.807) is 12.1 Å². The zero-order valence-electron chi connectivity index (χ0n) is 23.3. The maximum atomic E-state index is 10.7. The Balaban J connectivity index is 1.13. The first-order chi connectivity index (χ1) is 18.3. The number of aldehydes is 1. The fourth-order valence-electron chi connectivity index (χ4n) is 5.59. The summed E-state index contributed by atoms with van der Waals surface area (Å²) in [6.07, 6.45) is 21.9. The quantitative estimate of drug-likeness (QED) is 0.140. The molecule has 37 heavy (non-hydrogen) atoms. The number of rotatable bonds is 19. The first kappa shape index (κ1) is 29.3. The molecule has 0 saturated heterocycles. The zero-order chi connectivity index (χ0) is 26.0. The van der Waals surface area contributed by atoms with E-state index < -0.39 is 0 Å². The van der Waals surface area contributed by atoms with E-state index in [0.29, 0.717) is 5.56 Å². The molecule has 3 rings (SSSR count). The van der Waals surface area contributed by atoms with Crippen molar-refractivity contribution in [2.75, 3.05) is 13.2 Å². The summed E-state index contributed by atoms with van der Waals surface area (Å²) in [7, 11) is 0. The van der Waals surface area contributed by atoms with Gasteiger partial charge in [0.1, 0.15) is 17.8 Å². The highest BCUT2D eigenvalue weighted by molar-refractivity contribution is 5.74. The first-order valence-corrected chi connectivity index (χ1v) is 15.2. The van der Waals surface area contributed by atoms with Crippen LogP contribution in [0.1, 0.15) is 131 Å². The van der Waals surface area contributed by atoms with Gasteiger partial charge in [-0.05, 0) is 92.3 Å². The van der Waals surface area contributed by atoms with Crippen molar-refractivity contribution >= 4 is 6.29 Å². The SMILES string of the molecule is CCCCCC1CCC(c2ccc(OCCCCCCCCCCOc3ccc(C=O)cc3)cc2)CC1. The van der Waals surface area contributed by atoms with Gasteiger partial charge in [-0.25, -0.2) is 0 Å². The van der Waals surface area contributed by atoms with Gasteiger partial charge in [0.2, 0.25) is 0 Å². The number of carbonyl (C=O) groups excluding carboxylic acids is 1. The Morgan fingerprint density at radius 3 is 1.68 bits per heavy atom. The van der Waals surface area contributed by atoms with Crippen LogP contribution in [0.5, 0.6) is 11.5 Å². The number of unbranched alkanes of at least 4 members (excludes halogenated alkanes) is 9. The van der Waals surface area contributed by atoms with E-state index in [9.17, 15) is 4.79 Å². The molecule has 3 nitrogen and oxygen atoms in total. The Bertz CT molecular complexity index is 834. The molecule has 0 unspecified atom stereocenters. The summed E-state index contributed by atoms with van der Waals surface area (Å²) in [6, 6.07) is 16.3. The summed E-state index contributed by atoms with van der Waals surface area (Å²) in [5, 5.41) is 0. The molecule has 0 bridgehead atoms. The summed E-state index contributed by atoms with van der Waals surface area (Å²) < 4.78 is 11.8. The third kappa shape index (κ3) is 11.8. The van der Waals surface area contributed by atoms with Crippen molar-refractivity contribution in [1.29, 1.82) is 0 Å². The molecule has 2 aromatic carbocycles. The molecule has 1 fully saturated rings. The Kier molecular flexibility index (Phi) is 14.3. The van der Waals surface area contributed by atoms with Gasteiger partial charge in [0.05, 0.1) is 13.2 Å². The van der Waals surface area contributed by atoms with Crippen LogP contribution in [0.4, 0.5) is 0 Å². The minimum Gasteiger partial charge on any atom is -0.494 e.